The largest absolute Gasteiger partial charge is 0.337 e. The van der Waals surface area contributed by atoms with Gasteiger partial charge in [-0.2, -0.15) is 10.2 Å². The SMILES string of the molecule is O=C(c1ccc(=O)[nH]n1)N1CCC(Cn2nc(-c3ccc(F)cc3)ccc2=O)CC1. The van der Waals surface area contributed by atoms with Crippen LogP contribution in [0.25, 0.3) is 11.3 Å². The predicted octanol–water partition coefficient (Wildman–Crippen LogP) is 1.69. The smallest absolute Gasteiger partial charge is 0.274 e. The molecule has 0 radical (unpaired) electrons. The molecule has 1 aliphatic rings. The lowest BCUT2D eigenvalue weighted by molar-refractivity contribution is 0.0673. The van der Waals surface area contributed by atoms with Gasteiger partial charge < -0.3 is 4.90 Å². The van der Waals surface area contributed by atoms with E-state index in [1.54, 1.807) is 23.1 Å². The lowest BCUT2D eigenvalue weighted by Crippen LogP contribution is -2.40. The second-order valence-corrected chi connectivity index (χ2v) is 7.29. The predicted molar refractivity (Wildman–Crippen MR) is 107 cm³/mol. The van der Waals surface area contributed by atoms with Crippen molar-refractivity contribution in [3.8, 4) is 11.3 Å². The number of carbonyl (C=O) groups excluding carboxylic acids is 1. The fraction of sp³-hybridized carbons (Fsp3) is 0.286. The fourth-order valence-corrected chi connectivity index (χ4v) is 3.54. The number of rotatable bonds is 4. The van der Waals surface area contributed by atoms with E-state index < -0.39 is 0 Å². The maximum Gasteiger partial charge on any atom is 0.274 e. The van der Waals surface area contributed by atoms with Gasteiger partial charge >= 0.3 is 0 Å². The third-order valence-corrected chi connectivity index (χ3v) is 5.24. The first kappa shape index (κ1) is 19.7. The van der Waals surface area contributed by atoms with Crippen LogP contribution in [0.1, 0.15) is 23.3 Å². The number of carbonyl (C=O) groups is 1. The molecule has 9 heteroatoms. The van der Waals surface area contributed by atoms with Crippen molar-refractivity contribution in [1.29, 1.82) is 0 Å². The number of hydrogen-bond donors (Lipinski definition) is 1. The molecule has 1 aliphatic heterocycles. The van der Waals surface area contributed by atoms with Gasteiger partial charge in [-0.1, -0.05) is 0 Å². The molecule has 1 aromatic carbocycles. The van der Waals surface area contributed by atoms with Gasteiger partial charge in [0.1, 0.15) is 11.5 Å². The molecule has 0 unspecified atom stereocenters. The van der Waals surface area contributed by atoms with Crippen LogP contribution in [0.3, 0.4) is 0 Å². The highest BCUT2D eigenvalue weighted by Gasteiger charge is 2.25. The van der Waals surface area contributed by atoms with E-state index in [1.165, 1.54) is 35.0 Å². The summed E-state index contributed by atoms with van der Waals surface area (Å²) in [7, 11) is 0. The maximum atomic E-state index is 13.1. The van der Waals surface area contributed by atoms with E-state index in [9.17, 15) is 18.8 Å². The zero-order valence-electron chi connectivity index (χ0n) is 16.1. The number of H-pyrrole nitrogens is 1. The molecule has 4 rings (SSSR count). The van der Waals surface area contributed by atoms with E-state index >= 15 is 0 Å². The van der Waals surface area contributed by atoms with Crippen LogP contribution in [-0.4, -0.2) is 43.9 Å². The molecule has 30 heavy (non-hydrogen) atoms. The van der Waals surface area contributed by atoms with Crippen molar-refractivity contribution in [2.75, 3.05) is 13.1 Å². The van der Waals surface area contributed by atoms with Crippen LogP contribution in [0, 0.1) is 11.7 Å². The first-order chi connectivity index (χ1) is 14.5. The minimum Gasteiger partial charge on any atom is -0.337 e. The van der Waals surface area contributed by atoms with E-state index in [2.05, 4.69) is 15.3 Å². The van der Waals surface area contributed by atoms with Crippen LogP contribution >= 0.6 is 0 Å². The lowest BCUT2D eigenvalue weighted by atomic mass is 9.96. The maximum absolute atomic E-state index is 13.1. The molecule has 0 spiro atoms. The Morgan fingerprint density at radius 3 is 2.43 bits per heavy atom. The molecule has 1 saturated heterocycles. The van der Waals surface area contributed by atoms with Gasteiger partial charge in [-0.05, 0) is 55.2 Å². The molecule has 2 aromatic heterocycles. The van der Waals surface area contributed by atoms with Crippen LogP contribution in [0.5, 0.6) is 0 Å². The number of nitrogens with zero attached hydrogens (tertiary/aromatic N) is 4. The second-order valence-electron chi connectivity index (χ2n) is 7.29. The number of piperidine rings is 1. The number of halogens is 1. The van der Waals surface area contributed by atoms with E-state index in [0.29, 0.717) is 25.3 Å². The van der Waals surface area contributed by atoms with Gasteiger partial charge in [0.2, 0.25) is 0 Å². The second kappa shape index (κ2) is 8.40. The zero-order valence-corrected chi connectivity index (χ0v) is 16.1. The zero-order chi connectivity index (χ0) is 21.1. The van der Waals surface area contributed by atoms with Crippen molar-refractivity contribution in [2.45, 2.75) is 19.4 Å². The molecule has 8 nitrogen and oxygen atoms in total. The highest BCUT2D eigenvalue weighted by atomic mass is 19.1. The topological polar surface area (TPSA) is 101 Å². The number of hydrogen-bond acceptors (Lipinski definition) is 5. The Labute approximate surface area is 171 Å². The highest BCUT2D eigenvalue weighted by molar-refractivity contribution is 5.92. The number of benzene rings is 1. The first-order valence-electron chi connectivity index (χ1n) is 9.69. The Bertz CT molecular complexity index is 1140. The Balaban J connectivity index is 1.41. The van der Waals surface area contributed by atoms with Crippen LogP contribution in [-0.2, 0) is 6.54 Å². The van der Waals surface area contributed by atoms with Crippen molar-refractivity contribution >= 4 is 5.91 Å². The molecule has 0 saturated carbocycles. The quantitative estimate of drug-likeness (QED) is 0.707. The van der Waals surface area contributed by atoms with Crippen molar-refractivity contribution in [3.63, 3.8) is 0 Å². The van der Waals surface area contributed by atoms with E-state index in [0.717, 1.165) is 18.4 Å². The van der Waals surface area contributed by atoms with E-state index in [1.807, 2.05) is 0 Å². The molecule has 0 atom stereocenters. The summed E-state index contributed by atoms with van der Waals surface area (Å²) in [5.41, 5.74) is 0.992. The summed E-state index contributed by atoms with van der Waals surface area (Å²) in [6, 6.07) is 11.8. The monoisotopic (exact) mass is 409 g/mol. The number of likely N-dealkylation sites (tertiary alicyclic amines) is 1. The summed E-state index contributed by atoms with van der Waals surface area (Å²) < 4.78 is 14.6. The van der Waals surface area contributed by atoms with Crippen molar-refractivity contribution in [2.24, 2.45) is 5.92 Å². The standard InChI is InChI=1S/C21H20FN5O3/c22-16-3-1-15(2-4-16)17-6-8-20(29)27(25-17)13-14-9-11-26(12-10-14)21(30)18-5-7-19(28)24-23-18/h1-8,14H,9-13H2,(H,24,28). The lowest BCUT2D eigenvalue weighted by Gasteiger charge is -2.31. The highest BCUT2D eigenvalue weighted by Crippen LogP contribution is 2.21. The van der Waals surface area contributed by atoms with Crippen molar-refractivity contribution in [1.82, 2.24) is 24.9 Å². The average Bonchev–Trinajstić information content (AvgIpc) is 2.76. The molecule has 1 amide bonds. The van der Waals surface area contributed by atoms with Gasteiger partial charge in [0.15, 0.2) is 0 Å². The molecule has 154 valence electrons. The van der Waals surface area contributed by atoms with E-state index in [4.69, 9.17) is 0 Å². The molecule has 0 bridgehead atoms. The van der Waals surface area contributed by atoms with Crippen molar-refractivity contribution < 1.29 is 9.18 Å². The first-order valence-corrected chi connectivity index (χ1v) is 9.69. The van der Waals surface area contributed by atoms with Gasteiger partial charge in [-0.3, -0.25) is 14.4 Å². The molecule has 0 aliphatic carbocycles. The average molecular weight is 409 g/mol. The number of nitrogens with one attached hydrogen (secondary N) is 1. The molecule has 3 aromatic rings. The van der Waals surface area contributed by atoms with Crippen LogP contribution < -0.4 is 11.1 Å². The van der Waals surface area contributed by atoms with Crippen molar-refractivity contribution in [3.05, 3.63) is 80.7 Å². The summed E-state index contributed by atoms with van der Waals surface area (Å²) >= 11 is 0. The molecule has 3 heterocycles. The summed E-state index contributed by atoms with van der Waals surface area (Å²) in [4.78, 5) is 37.6. The molecule has 1 fully saturated rings. The summed E-state index contributed by atoms with van der Waals surface area (Å²) in [5, 5.41) is 10.5. The Morgan fingerprint density at radius 2 is 1.77 bits per heavy atom. The van der Waals surface area contributed by atoms with Crippen LogP contribution in [0.15, 0.2) is 58.1 Å². The summed E-state index contributed by atoms with van der Waals surface area (Å²) in [6.07, 6.45) is 1.45. The minimum atomic E-state index is -0.355. The van der Waals surface area contributed by atoms with Gasteiger partial charge in [0.05, 0.1) is 5.69 Å². The van der Waals surface area contributed by atoms with E-state index in [-0.39, 0.29) is 34.5 Å². The number of amides is 1. The summed E-state index contributed by atoms with van der Waals surface area (Å²) in [5.74, 6) is -0.352. The molecular formula is C21H20FN5O3. The number of aromatic nitrogens is 4. The minimum absolute atomic E-state index is 0.197. The fourth-order valence-electron chi connectivity index (χ4n) is 3.54. The Morgan fingerprint density at radius 1 is 1.03 bits per heavy atom. The Kier molecular flexibility index (Phi) is 5.51. The number of aromatic amines is 1. The van der Waals surface area contributed by atoms with Crippen LogP contribution in [0.2, 0.25) is 0 Å². The summed E-state index contributed by atoms with van der Waals surface area (Å²) in [6.45, 7) is 1.53. The van der Waals surface area contributed by atoms with Gasteiger partial charge in [0, 0.05) is 37.3 Å². The molecular weight excluding hydrogens is 389 g/mol. The van der Waals surface area contributed by atoms with Gasteiger partial charge in [-0.25, -0.2) is 14.2 Å². The molecule has 1 N–H and O–H groups in total. The third-order valence-electron chi connectivity index (χ3n) is 5.24. The third kappa shape index (κ3) is 4.35. The van der Waals surface area contributed by atoms with Crippen LogP contribution in [0.4, 0.5) is 4.39 Å². The normalized spacial score (nSPS) is 14.6. The van der Waals surface area contributed by atoms with Gasteiger partial charge in [0.25, 0.3) is 17.0 Å². The Hall–Kier alpha value is -3.62. The van der Waals surface area contributed by atoms with Gasteiger partial charge in [-0.15, -0.1) is 0 Å².